The third-order valence-electron chi connectivity index (χ3n) is 3.84. The van der Waals surface area contributed by atoms with Crippen LogP contribution in [0.3, 0.4) is 0 Å². The Bertz CT molecular complexity index is 931. The summed E-state index contributed by atoms with van der Waals surface area (Å²) in [5.41, 5.74) is 1.83. The second-order valence-electron chi connectivity index (χ2n) is 5.75. The second-order valence-corrected chi connectivity index (χ2v) is 5.75. The zero-order chi connectivity index (χ0) is 18.7. The number of rotatable bonds is 3. The number of hydrogen-bond acceptors (Lipinski definition) is 2. The van der Waals surface area contributed by atoms with Gasteiger partial charge in [-0.05, 0) is 46.5 Å². The van der Waals surface area contributed by atoms with Crippen LogP contribution in [0.2, 0.25) is 0 Å². The molecule has 0 heterocycles. The molecule has 0 unspecified atom stereocenters. The second kappa shape index (κ2) is 7.04. The molecule has 3 aromatic carbocycles. The van der Waals surface area contributed by atoms with E-state index in [1.165, 1.54) is 13.0 Å². The van der Waals surface area contributed by atoms with Gasteiger partial charge in [-0.25, -0.2) is 0 Å². The van der Waals surface area contributed by atoms with Gasteiger partial charge in [0.15, 0.2) is 0 Å². The van der Waals surface area contributed by atoms with Crippen molar-refractivity contribution >= 4 is 5.97 Å². The number of esters is 1. The summed E-state index contributed by atoms with van der Waals surface area (Å²) in [5.74, 6) is -0.211. The van der Waals surface area contributed by atoms with Crippen molar-refractivity contribution in [3.8, 4) is 28.0 Å². The van der Waals surface area contributed by atoms with Crippen molar-refractivity contribution < 1.29 is 22.7 Å². The van der Waals surface area contributed by atoms with Gasteiger partial charge in [0.1, 0.15) is 5.75 Å². The lowest BCUT2D eigenvalue weighted by atomic mass is 9.93. The van der Waals surface area contributed by atoms with E-state index in [1.807, 2.05) is 30.3 Å². The van der Waals surface area contributed by atoms with Gasteiger partial charge in [0.25, 0.3) is 0 Å². The molecule has 132 valence electrons. The number of hydrogen-bond donors (Lipinski definition) is 0. The summed E-state index contributed by atoms with van der Waals surface area (Å²) >= 11 is 0. The third kappa shape index (κ3) is 3.94. The van der Waals surface area contributed by atoms with Crippen molar-refractivity contribution in [3.63, 3.8) is 0 Å². The summed E-state index contributed by atoms with van der Waals surface area (Å²) in [6.45, 7) is 1.27. The smallest absolute Gasteiger partial charge is 0.416 e. The van der Waals surface area contributed by atoms with E-state index in [-0.39, 0.29) is 5.75 Å². The SMILES string of the molecule is CC(=O)Oc1ccc(-c2ccccc2)c(-c2cccc(C(F)(F)F)c2)c1. The van der Waals surface area contributed by atoms with Crippen LogP contribution in [0.15, 0.2) is 72.8 Å². The molecule has 0 N–H and O–H groups in total. The van der Waals surface area contributed by atoms with Gasteiger partial charge < -0.3 is 4.74 Å². The lowest BCUT2D eigenvalue weighted by Crippen LogP contribution is -2.05. The molecule has 3 aromatic rings. The Balaban J connectivity index is 2.18. The van der Waals surface area contributed by atoms with E-state index in [0.717, 1.165) is 23.3 Å². The molecule has 0 spiro atoms. The van der Waals surface area contributed by atoms with Crippen LogP contribution < -0.4 is 4.74 Å². The maximum atomic E-state index is 13.1. The van der Waals surface area contributed by atoms with E-state index >= 15 is 0 Å². The maximum Gasteiger partial charge on any atom is 0.416 e. The van der Waals surface area contributed by atoms with Gasteiger partial charge in [0.05, 0.1) is 5.56 Å². The standard InChI is InChI=1S/C21H15F3O2/c1-14(25)26-18-10-11-19(15-6-3-2-4-7-15)20(13-18)16-8-5-9-17(12-16)21(22,23)24/h2-13H,1H3. The van der Waals surface area contributed by atoms with Gasteiger partial charge in [-0.1, -0.05) is 48.5 Å². The highest BCUT2D eigenvalue weighted by Gasteiger charge is 2.30. The molecule has 0 aromatic heterocycles. The van der Waals surface area contributed by atoms with E-state index < -0.39 is 17.7 Å². The summed E-state index contributed by atoms with van der Waals surface area (Å²) in [6, 6.07) is 19.4. The third-order valence-corrected chi connectivity index (χ3v) is 3.84. The minimum atomic E-state index is -4.43. The normalized spacial score (nSPS) is 11.2. The Hall–Kier alpha value is -3.08. The van der Waals surface area contributed by atoms with Gasteiger partial charge in [-0.2, -0.15) is 13.2 Å². The van der Waals surface area contributed by atoms with E-state index in [2.05, 4.69) is 0 Å². The summed E-state index contributed by atoms with van der Waals surface area (Å²) in [5, 5.41) is 0. The fourth-order valence-corrected chi connectivity index (χ4v) is 2.72. The molecule has 0 bridgehead atoms. The Morgan fingerprint density at radius 2 is 1.50 bits per heavy atom. The predicted molar refractivity (Wildman–Crippen MR) is 93.6 cm³/mol. The van der Waals surface area contributed by atoms with Crippen molar-refractivity contribution in [2.45, 2.75) is 13.1 Å². The Labute approximate surface area is 148 Å². The van der Waals surface area contributed by atoms with Crippen molar-refractivity contribution in [2.75, 3.05) is 0 Å². The first kappa shape index (κ1) is 17.7. The molecule has 0 amide bonds. The topological polar surface area (TPSA) is 26.3 Å². The number of halogens is 3. The molecule has 0 aliphatic rings. The Morgan fingerprint density at radius 3 is 2.15 bits per heavy atom. The number of alkyl halides is 3. The molecule has 2 nitrogen and oxygen atoms in total. The molecule has 3 rings (SSSR count). The maximum absolute atomic E-state index is 13.1. The molecule has 0 aliphatic heterocycles. The highest BCUT2D eigenvalue weighted by Crippen LogP contribution is 2.38. The van der Waals surface area contributed by atoms with Crippen LogP contribution in [-0.4, -0.2) is 5.97 Å². The first-order chi connectivity index (χ1) is 12.3. The molecular formula is C21H15F3O2. The van der Waals surface area contributed by atoms with Crippen molar-refractivity contribution in [1.29, 1.82) is 0 Å². The Kier molecular flexibility index (Phi) is 4.80. The van der Waals surface area contributed by atoms with Crippen LogP contribution >= 0.6 is 0 Å². The summed E-state index contributed by atoms with van der Waals surface area (Å²) in [4.78, 5) is 11.2. The lowest BCUT2D eigenvalue weighted by molar-refractivity contribution is -0.137. The lowest BCUT2D eigenvalue weighted by Gasteiger charge is -2.14. The molecule has 0 aliphatic carbocycles. The summed E-state index contributed by atoms with van der Waals surface area (Å²) < 4.78 is 44.4. The zero-order valence-corrected chi connectivity index (χ0v) is 13.9. The van der Waals surface area contributed by atoms with E-state index in [4.69, 9.17) is 4.74 Å². The van der Waals surface area contributed by atoms with E-state index in [1.54, 1.807) is 24.3 Å². The monoisotopic (exact) mass is 356 g/mol. The van der Waals surface area contributed by atoms with E-state index in [9.17, 15) is 18.0 Å². The molecule has 0 fully saturated rings. The van der Waals surface area contributed by atoms with Crippen LogP contribution in [0, 0.1) is 0 Å². The molecule has 5 heteroatoms. The number of ether oxygens (including phenoxy) is 1. The quantitative estimate of drug-likeness (QED) is 0.427. The van der Waals surface area contributed by atoms with Crippen LogP contribution in [0.25, 0.3) is 22.3 Å². The highest BCUT2D eigenvalue weighted by molar-refractivity contribution is 5.85. The molecular weight excluding hydrogens is 341 g/mol. The first-order valence-electron chi connectivity index (χ1n) is 7.90. The number of carbonyl (C=O) groups is 1. The molecule has 0 radical (unpaired) electrons. The number of benzene rings is 3. The van der Waals surface area contributed by atoms with Crippen LogP contribution in [-0.2, 0) is 11.0 Å². The van der Waals surface area contributed by atoms with Crippen molar-refractivity contribution in [3.05, 3.63) is 78.4 Å². The molecule has 0 atom stereocenters. The van der Waals surface area contributed by atoms with Crippen molar-refractivity contribution in [2.24, 2.45) is 0 Å². The molecule has 26 heavy (non-hydrogen) atoms. The van der Waals surface area contributed by atoms with Gasteiger partial charge in [0, 0.05) is 6.92 Å². The molecule has 0 saturated heterocycles. The largest absolute Gasteiger partial charge is 0.427 e. The van der Waals surface area contributed by atoms with Crippen LogP contribution in [0.1, 0.15) is 12.5 Å². The minimum Gasteiger partial charge on any atom is -0.427 e. The highest BCUT2D eigenvalue weighted by atomic mass is 19.4. The first-order valence-corrected chi connectivity index (χ1v) is 7.90. The van der Waals surface area contributed by atoms with Gasteiger partial charge in [-0.3, -0.25) is 4.79 Å². The van der Waals surface area contributed by atoms with Gasteiger partial charge in [-0.15, -0.1) is 0 Å². The molecule has 0 saturated carbocycles. The fourth-order valence-electron chi connectivity index (χ4n) is 2.72. The van der Waals surface area contributed by atoms with Gasteiger partial charge >= 0.3 is 12.1 Å². The van der Waals surface area contributed by atoms with Crippen molar-refractivity contribution in [1.82, 2.24) is 0 Å². The average molecular weight is 356 g/mol. The number of carbonyl (C=O) groups excluding carboxylic acids is 1. The summed E-state index contributed by atoms with van der Waals surface area (Å²) in [6.07, 6.45) is -4.43. The minimum absolute atomic E-state index is 0.282. The van der Waals surface area contributed by atoms with Crippen LogP contribution in [0.4, 0.5) is 13.2 Å². The van der Waals surface area contributed by atoms with E-state index in [0.29, 0.717) is 11.1 Å². The Morgan fingerprint density at radius 1 is 0.808 bits per heavy atom. The summed E-state index contributed by atoms with van der Waals surface area (Å²) in [7, 11) is 0. The predicted octanol–water partition coefficient (Wildman–Crippen LogP) is 5.96. The zero-order valence-electron chi connectivity index (χ0n) is 13.9. The fraction of sp³-hybridized carbons (Fsp3) is 0.0952. The van der Waals surface area contributed by atoms with Gasteiger partial charge in [0.2, 0.25) is 0 Å². The average Bonchev–Trinajstić information content (AvgIpc) is 2.61. The van der Waals surface area contributed by atoms with Crippen LogP contribution in [0.5, 0.6) is 5.75 Å².